The Morgan fingerprint density at radius 1 is 1.20 bits per heavy atom. The summed E-state index contributed by atoms with van der Waals surface area (Å²) in [6.45, 7) is 7.05. The minimum absolute atomic E-state index is 0. The summed E-state index contributed by atoms with van der Waals surface area (Å²) >= 11 is 0. The Morgan fingerprint density at radius 2 is 1.85 bits per heavy atom. The lowest BCUT2D eigenvalue weighted by Crippen LogP contribution is -2.47. The van der Waals surface area contributed by atoms with E-state index < -0.39 is 0 Å². The molecule has 0 aromatic heterocycles. The molecule has 1 atom stereocenters. The minimum Gasteiger partial charge on any atom is -0.342 e. The summed E-state index contributed by atoms with van der Waals surface area (Å²) in [5.41, 5.74) is 5.73. The molecule has 1 aliphatic heterocycles. The molecule has 2 N–H and O–H groups in total. The molecule has 1 saturated heterocycles. The van der Waals surface area contributed by atoms with Gasteiger partial charge in [0, 0.05) is 19.6 Å². The van der Waals surface area contributed by atoms with E-state index in [1.165, 1.54) is 25.7 Å². The number of hydrogen-bond donors (Lipinski definition) is 1. The number of carbonyl (C=O) groups excluding carboxylic acids is 1. The monoisotopic (exact) mass is 302 g/mol. The van der Waals surface area contributed by atoms with Crippen molar-refractivity contribution < 1.29 is 4.79 Å². The fraction of sp³-hybridized carbons (Fsp3) is 0.938. The first kappa shape index (κ1) is 17.8. The first-order valence-corrected chi connectivity index (χ1v) is 8.08. The number of carbonyl (C=O) groups is 1. The maximum absolute atomic E-state index is 12.8. The lowest BCUT2D eigenvalue weighted by atomic mass is 9.84. The average molecular weight is 303 g/mol. The number of nitrogens with two attached hydrogens (primary N) is 1. The van der Waals surface area contributed by atoms with Crippen molar-refractivity contribution in [3.8, 4) is 0 Å². The molecule has 1 amide bonds. The SMILES string of the molecule is CC(C)C1CCCN(C(=O)C2(CN)CCCC2)CC1.Cl. The molecule has 4 heteroatoms. The molecule has 0 radical (unpaired) electrons. The predicted octanol–water partition coefficient (Wildman–Crippen LogP) is 3.21. The first-order chi connectivity index (χ1) is 9.09. The van der Waals surface area contributed by atoms with E-state index in [1.807, 2.05) is 0 Å². The highest BCUT2D eigenvalue weighted by molar-refractivity contribution is 5.85. The van der Waals surface area contributed by atoms with Crippen LogP contribution in [0.3, 0.4) is 0 Å². The molecule has 0 bridgehead atoms. The van der Waals surface area contributed by atoms with Gasteiger partial charge in [-0.05, 0) is 43.9 Å². The van der Waals surface area contributed by atoms with Gasteiger partial charge >= 0.3 is 0 Å². The standard InChI is InChI=1S/C16H30N2O.ClH/c1-13(2)14-6-5-10-18(11-7-14)15(19)16(12-17)8-3-4-9-16;/h13-14H,3-12,17H2,1-2H3;1H. The number of halogens is 1. The van der Waals surface area contributed by atoms with Crippen LogP contribution in [0.1, 0.15) is 58.8 Å². The van der Waals surface area contributed by atoms with Crippen LogP contribution in [0.25, 0.3) is 0 Å². The Kier molecular flexibility index (Phi) is 6.80. The molecule has 20 heavy (non-hydrogen) atoms. The summed E-state index contributed by atoms with van der Waals surface area (Å²) in [5.74, 6) is 1.89. The topological polar surface area (TPSA) is 46.3 Å². The van der Waals surface area contributed by atoms with E-state index in [9.17, 15) is 4.79 Å². The van der Waals surface area contributed by atoms with E-state index >= 15 is 0 Å². The van der Waals surface area contributed by atoms with Crippen molar-refractivity contribution in [3.63, 3.8) is 0 Å². The third kappa shape index (κ3) is 3.67. The fourth-order valence-corrected chi connectivity index (χ4v) is 3.88. The Labute approximate surface area is 130 Å². The molecule has 0 aromatic rings. The van der Waals surface area contributed by atoms with Gasteiger partial charge in [0.15, 0.2) is 0 Å². The van der Waals surface area contributed by atoms with Crippen LogP contribution in [0.15, 0.2) is 0 Å². The van der Waals surface area contributed by atoms with Crippen molar-refractivity contribution in [1.29, 1.82) is 0 Å². The number of hydrogen-bond acceptors (Lipinski definition) is 2. The second-order valence-electron chi connectivity index (χ2n) is 6.92. The summed E-state index contributed by atoms with van der Waals surface area (Å²) in [6.07, 6.45) is 7.96. The van der Waals surface area contributed by atoms with Crippen LogP contribution in [0.5, 0.6) is 0 Å². The third-order valence-corrected chi connectivity index (χ3v) is 5.41. The van der Waals surface area contributed by atoms with Crippen LogP contribution >= 0.6 is 12.4 Å². The maximum atomic E-state index is 12.8. The smallest absolute Gasteiger partial charge is 0.230 e. The third-order valence-electron chi connectivity index (χ3n) is 5.41. The highest BCUT2D eigenvalue weighted by atomic mass is 35.5. The minimum atomic E-state index is -0.211. The molecule has 2 rings (SSSR count). The fourth-order valence-electron chi connectivity index (χ4n) is 3.88. The summed E-state index contributed by atoms with van der Waals surface area (Å²) in [7, 11) is 0. The molecule has 0 aromatic carbocycles. The Bertz CT molecular complexity index is 314. The lowest BCUT2D eigenvalue weighted by molar-refractivity contribution is -0.141. The molecule has 1 aliphatic carbocycles. The van der Waals surface area contributed by atoms with Gasteiger partial charge in [-0.1, -0.05) is 26.7 Å². The zero-order chi connectivity index (χ0) is 13.9. The lowest BCUT2D eigenvalue weighted by Gasteiger charge is -2.33. The van der Waals surface area contributed by atoms with Gasteiger partial charge in [-0.2, -0.15) is 0 Å². The van der Waals surface area contributed by atoms with E-state index in [2.05, 4.69) is 18.7 Å². The summed E-state index contributed by atoms with van der Waals surface area (Å²) in [5, 5.41) is 0. The second kappa shape index (κ2) is 7.65. The Morgan fingerprint density at radius 3 is 2.40 bits per heavy atom. The summed E-state index contributed by atoms with van der Waals surface area (Å²) in [4.78, 5) is 15.0. The van der Waals surface area contributed by atoms with E-state index in [0.717, 1.165) is 44.2 Å². The normalized spacial score (nSPS) is 26.2. The molecule has 3 nitrogen and oxygen atoms in total. The van der Waals surface area contributed by atoms with Crippen molar-refractivity contribution in [2.45, 2.75) is 58.8 Å². The van der Waals surface area contributed by atoms with Crippen LogP contribution in [-0.4, -0.2) is 30.4 Å². The molecule has 0 spiro atoms. The number of likely N-dealkylation sites (tertiary alicyclic amines) is 1. The van der Waals surface area contributed by atoms with Crippen LogP contribution < -0.4 is 5.73 Å². The van der Waals surface area contributed by atoms with Crippen LogP contribution in [0.4, 0.5) is 0 Å². The zero-order valence-corrected chi connectivity index (χ0v) is 13.9. The van der Waals surface area contributed by atoms with Crippen molar-refractivity contribution in [1.82, 2.24) is 4.90 Å². The van der Waals surface area contributed by atoms with Crippen molar-refractivity contribution >= 4 is 18.3 Å². The number of nitrogens with zero attached hydrogens (tertiary/aromatic N) is 1. The highest BCUT2D eigenvalue weighted by Crippen LogP contribution is 2.39. The van der Waals surface area contributed by atoms with Crippen molar-refractivity contribution in [3.05, 3.63) is 0 Å². The second-order valence-corrected chi connectivity index (χ2v) is 6.92. The maximum Gasteiger partial charge on any atom is 0.230 e. The van der Waals surface area contributed by atoms with E-state index in [-0.39, 0.29) is 17.8 Å². The molecule has 1 heterocycles. The van der Waals surface area contributed by atoms with Crippen molar-refractivity contribution in [2.75, 3.05) is 19.6 Å². The van der Waals surface area contributed by atoms with Gasteiger partial charge in [-0.3, -0.25) is 4.79 Å². The quantitative estimate of drug-likeness (QED) is 0.870. The average Bonchev–Trinajstić information content (AvgIpc) is 2.75. The molecule has 118 valence electrons. The largest absolute Gasteiger partial charge is 0.342 e. The van der Waals surface area contributed by atoms with E-state index in [0.29, 0.717) is 12.5 Å². The van der Waals surface area contributed by atoms with E-state index in [4.69, 9.17) is 5.73 Å². The molecular weight excluding hydrogens is 272 g/mol. The molecular formula is C16H31ClN2O. The van der Waals surface area contributed by atoms with Crippen LogP contribution in [0, 0.1) is 17.3 Å². The Balaban J connectivity index is 0.00000200. The van der Waals surface area contributed by atoms with Gasteiger partial charge in [-0.25, -0.2) is 0 Å². The van der Waals surface area contributed by atoms with E-state index in [1.54, 1.807) is 0 Å². The Hall–Kier alpha value is -0.280. The van der Waals surface area contributed by atoms with Crippen molar-refractivity contribution in [2.24, 2.45) is 23.0 Å². The van der Waals surface area contributed by atoms with Gasteiger partial charge in [0.25, 0.3) is 0 Å². The van der Waals surface area contributed by atoms with Gasteiger partial charge in [0.1, 0.15) is 0 Å². The van der Waals surface area contributed by atoms with Crippen LogP contribution in [0.2, 0.25) is 0 Å². The van der Waals surface area contributed by atoms with Gasteiger partial charge in [-0.15, -0.1) is 12.4 Å². The molecule has 2 fully saturated rings. The first-order valence-electron chi connectivity index (χ1n) is 8.08. The number of amides is 1. The van der Waals surface area contributed by atoms with Gasteiger partial charge < -0.3 is 10.6 Å². The molecule has 1 unspecified atom stereocenters. The van der Waals surface area contributed by atoms with Crippen LogP contribution in [-0.2, 0) is 4.79 Å². The summed E-state index contributed by atoms with van der Waals surface area (Å²) in [6, 6.07) is 0. The molecule has 1 saturated carbocycles. The van der Waals surface area contributed by atoms with Gasteiger partial charge in [0.2, 0.25) is 5.91 Å². The highest BCUT2D eigenvalue weighted by Gasteiger charge is 2.42. The van der Waals surface area contributed by atoms with Gasteiger partial charge in [0.05, 0.1) is 5.41 Å². The predicted molar refractivity (Wildman–Crippen MR) is 86.0 cm³/mol. The zero-order valence-electron chi connectivity index (χ0n) is 13.1. The molecule has 2 aliphatic rings. The summed E-state index contributed by atoms with van der Waals surface area (Å²) < 4.78 is 0. The number of rotatable bonds is 3.